The first kappa shape index (κ1) is 19.0. The van der Waals surface area contributed by atoms with Gasteiger partial charge in [-0.2, -0.15) is 0 Å². The molecule has 0 unspecified atom stereocenters. The van der Waals surface area contributed by atoms with Crippen LogP contribution in [-0.4, -0.2) is 45.3 Å². The summed E-state index contributed by atoms with van der Waals surface area (Å²) >= 11 is 0. The molecule has 0 bridgehead atoms. The highest BCUT2D eigenvalue weighted by atomic mass is 16.7. The van der Waals surface area contributed by atoms with Crippen molar-refractivity contribution in [2.45, 2.75) is 26.6 Å². The fourth-order valence-corrected chi connectivity index (χ4v) is 1.96. The lowest BCUT2D eigenvalue weighted by atomic mass is 10.2. The first-order chi connectivity index (χ1) is 11.1. The highest BCUT2D eigenvalue weighted by molar-refractivity contribution is 5.58. The van der Waals surface area contributed by atoms with Gasteiger partial charge in [0.05, 0.1) is 37.9 Å². The molecule has 0 aliphatic rings. The van der Waals surface area contributed by atoms with Crippen molar-refractivity contribution in [1.82, 2.24) is 0 Å². The Morgan fingerprint density at radius 2 is 1.61 bits per heavy atom. The van der Waals surface area contributed by atoms with E-state index in [0.29, 0.717) is 25.4 Å². The predicted octanol–water partition coefficient (Wildman–Crippen LogP) is 2.78. The minimum absolute atomic E-state index is 0.132. The van der Waals surface area contributed by atoms with E-state index in [-0.39, 0.29) is 30.1 Å². The zero-order valence-corrected chi connectivity index (χ0v) is 13.9. The SMILES string of the molecule is CCOC(CCOc1c(OC)cc([N+](=O)[O-])cc1OC)OCC. The average molecular weight is 329 g/mol. The monoisotopic (exact) mass is 329 g/mol. The maximum Gasteiger partial charge on any atom is 0.277 e. The Morgan fingerprint density at radius 3 is 2.00 bits per heavy atom. The van der Waals surface area contributed by atoms with Crippen LogP contribution in [0.4, 0.5) is 5.69 Å². The van der Waals surface area contributed by atoms with Crippen molar-refractivity contribution in [2.75, 3.05) is 34.0 Å². The molecular weight excluding hydrogens is 306 g/mol. The molecule has 1 aromatic rings. The Kier molecular flexibility index (Phi) is 8.14. The number of benzene rings is 1. The van der Waals surface area contributed by atoms with Crippen molar-refractivity contribution in [2.24, 2.45) is 0 Å². The molecule has 0 saturated carbocycles. The van der Waals surface area contributed by atoms with Crippen molar-refractivity contribution >= 4 is 5.69 Å². The summed E-state index contributed by atoms with van der Waals surface area (Å²) < 4.78 is 26.9. The van der Waals surface area contributed by atoms with E-state index in [2.05, 4.69) is 0 Å². The number of hydrogen-bond acceptors (Lipinski definition) is 7. The highest BCUT2D eigenvalue weighted by Gasteiger charge is 2.20. The van der Waals surface area contributed by atoms with E-state index in [1.54, 1.807) is 0 Å². The third kappa shape index (κ3) is 5.57. The largest absolute Gasteiger partial charge is 0.492 e. The highest BCUT2D eigenvalue weighted by Crippen LogP contribution is 2.41. The fourth-order valence-electron chi connectivity index (χ4n) is 1.96. The number of ether oxygens (including phenoxy) is 5. The molecule has 0 radical (unpaired) electrons. The van der Waals surface area contributed by atoms with Gasteiger partial charge in [-0.25, -0.2) is 0 Å². The summed E-state index contributed by atoms with van der Waals surface area (Å²) in [5, 5.41) is 10.9. The topological polar surface area (TPSA) is 89.3 Å². The van der Waals surface area contributed by atoms with E-state index in [9.17, 15) is 10.1 Å². The van der Waals surface area contributed by atoms with Crippen LogP contribution < -0.4 is 14.2 Å². The minimum Gasteiger partial charge on any atom is -0.492 e. The minimum atomic E-state index is -0.519. The number of rotatable bonds is 11. The first-order valence-electron chi connectivity index (χ1n) is 7.33. The Bertz CT molecular complexity index is 476. The van der Waals surface area contributed by atoms with Crippen molar-refractivity contribution in [3.63, 3.8) is 0 Å². The molecule has 8 heteroatoms. The summed E-state index contributed by atoms with van der Waals surface area (Å²) in [6.07, 6.45) is 0.144. The van der Waals surface area contributed by atoms with E-state index >= 15 is 0 Å². The Morgan fingerprint density at radius 1 is 1.09 bits per heavy atom. The fraction of sp³-hybridized carbons (Fsp3) is 0.600. The maximum absolute atomic E-state index is 10.9. The lowest BCUT2D eigenvalue weighted by Crippen LogP contribution is -2.20. The summed E-state index contributed by atoms with van der Waals surface area (Å²) in [4.78, 5) is 10.4. The smallest absolute Gasteiger partial charge is 0.277 e. The van der Waals surface area contributed by atoms with Crippen molar-refractivity contribution in [3.05, 3.63) is 22.2 Å². The summed E-state index contributed by atoms with van der Waals surface area (Å²) in [6.45, 7) is 5.13. The number of methoxy groups -OCH3 is 2. The zero-order chi connectivity index (χ0) is 17.2. The van der Waals surface area contributed by atoms with Gasteiger partial charge in [-0.05, 0) is 13.8 Å². The second kappa shape index (κ2) is 9.86. The molecule has 0 amide bonds. The normalized spacial score (nSPS) is 10.7. The molecule has 1 rings (SSSR count). The van der Waals surface area contributed by atoms with Crippen molar-refractivity contribution < 1.29 is 28.6 Å². The van der Waals surface area contributed by atoms with Crippen molar-refractivity contribution in [3.8, 4) is 17.2 Å². The van der Waals surface area contributed by atoms with Gasteiger partial charge in [-0.15, -0.1) is 0 Å². The molecule has 23 heavy (non-hydrogen) atoms. The van der Waals surface area contributed by atoms with Gasteiger partial charge in [0.25, 0.3) is 5.69 Å². The first-order valence-corrected chi connectivity index (χ1v) is 7.33. The number of hydrogen-bond donors (Lipinski definition) is 0. The number of nitro groups is 1. The van der Waals surface area contributed by atoms with Crippen LogP contribution >= 0.6 is 0 Å². The summed E-state index contributed by atoms with van der Waals surface area (Å²) in [6, 6.07) is 2.58. The Hall–Kier alpha value is -2.06. The molecule has 0 fully saturated rings. The van der Waals surface area contributed by atoms with Crippen LogP contribution in [0.2, 0.25) is 0 Å². The third-order valence-electron chi connectivity index (χ3n) is 2.96. The van der Waals surface area contributed by atoms with E-state index < -0.39 is 4.92 Å². The van der Waals surface area contributed by atoms with Crippen LogP contribution in [0.3, 0.4) is 0 Å². The van der Waals surface area contributed by atoms with Gasteiger partial charge in [0.2, 0.25) is 5.75 Å². The molecule has 0 saturated heterocycles. The quantitative estimate of drug-likeness (QED) is 0.350. The summed E-state index contributed by atoms with van der Waals surface area (Å²) in [5.41, 5.74) is -0.132. The van der Waals surface area contributed by atoms with E-state index in [1.165, 1.54) is 26.4 Å². The average Bonchev–Trinajstić information content (AvgIpc) is 2.54. The van der Waals surface area contributed by atoms with E-state index in [0.717, 1.165) is 0 Å². The van der Waals surface area contributed by atoms with Crippen LogP contribution in [0.5, 0.6) is 17.2 Å². The van der Waals surface area contributed by atoms with Crippen molar-refractivity contribution in [1.29, 1.82) is 0 Å². The van der Waals surface area contributed by atoms with Crippen LogP contribution in [0, 0.1) is 10.1 Å². The molecule has 8 nitrogen and oxygen atoms in total. The molecule has 0 N–H and O–H groups in total. The van der Waals surface area contributed by atoms with Gasteiger partial charge in [0, 0.05) is 19.6 Å². The second-order valence-corrected chi connectivity index (χ2v) is 4.41. The Labute approximate surface area is 135 Å². The molecule has 0 atom stereocenters. The predicted molar refractivity (Wildman–Crippen MR) is 83.4 cm³/mol. The molecule has 130 valence electrons. The van der Waals surface area contributed by atoms with E-state index in [4.69, 9.17) is 23.7 Å². The Balaban J connectivity index is 2.84. The summed E-state index contributed by atoms with van der Waals surface area (Å²) in [5.74, 6) is 0.785. The number of nitro benzene ring substituents is 1. The number of non-ortho nitro benzene ring substituents is 1. The van der Waals surface area contributed by atoms with Gasteiger partial charge in [0.15, 0.2) is 17.8 Å². The molecule has 0 aromatic heterocycles. The number of nitrogens with zero attached hydrogens (tertiary/aromatic N) is 1. The molecule has 1 aromatic carbocycles. The molecule has 0 aliphatic heterocycles. The van der Waals surface area contributed by atoms with Gasteiger partial charge in [0.1, 0.15) is 0 Å². The lowest BCUT2D eigenvalue weighted by molar-refractivity contribution is -0.385. The second-order valence-electron chi connectivity index (χ2n) is 4.41. The van der Waals surface area contributed by atoms with Gasteiger partial charge in [-0.1, -0.05) is 0 Å². The van der Waals surface area contributed by atoms with Gasteiger partial charge in [-0.3, -0.25) is 10.1 Å². The standard InChI is InChI=1S/C15H23NO7/c1-5-21-14(22-6-2)7-8-23-15-12(19-3)9-11(16(17)18)10-13(15)20-4/h9-10,14H,5-8H2,1-4H3. The van der Waals surface area contributed by atoms with Gasteiger partial charge >= 0.3 is 0 Å². The van der Waals surface area contributed by atoms with Crippen LogP contribution in [0.1, 0.15) is 20.3 Å². The zero-order valence-electron chi connectivity index (χ0n) is 13.9. The van der Waals surface area contributed by atoms with Crippen LogP contribution in [0.25, 0.3) is 0 Å². The molecular formula is C15H23NO7. The molecule has 0 spiro atoms. The third-order valence-corrected chi connectivity index (χ3v) is 2.96. The van der Waals surface area contributed by atoms with E-state index in [1.807, 2.05) is 13.8 Å². The van der Waals surface area contributed by atoms with Crippen LogP contribution in [0.15, 0.2) is 12.1 Å². The van der Waals surface area contributed by atoms with Crippen LogP contribution in [-0.2, 0) is 9.47 Å². The molecule has 0 heterocycles. The maximum atomic E-state index is 10.9. The van der Waals surface area contributed by atoms with Gasteiger partial charge < -0.3 is 23.7 Å². The lowest BCUT2D eigenvalue weighted by Gasteiger charge is -2.18. The molecule has 0 aliphatic carbocycles. The summed E-state index contributed by atoms with van der Waals surface area (Å²) in [7, 11) is 2.82.